The molecule has 124 valence electrons. The Morgan fingerprint density at radius 2 is 2.00 bits per heavy atom. The number of oxime groups is 1. The molecule has 1 fully saturated rings. The molecule has 2 aliphatic heterocycles. The van der Waals surface area contributed by atoms with Gasteiger partial charge in [0.05, 0.1) is 18.4 Å². The molecule has 1 aromatic carbocycles. The van der Waals surface area contributed by atoms with Gasteiger partial charge < -0.3 is 14.5 Å². The fraction of sp³-hybridized carbons (Fsp3) is 0.556. The van der Waals surface area contributed by atoms with E-state index in [9.17, 15) is 4.79 Å². The van der Waals surface area contributed by atoms with E-state index in [2.05, 4.69) is 19.0 Å². The number of carbonyl (C=O) groups excluding carboxylic acids is 1. The van der Waals surface area contributed by atoms with Crippen LogP contribution < -0.4 is 0 Å². The largest absolute Gasteiger partial charge is 0.382 e. The number of rotatable bonds is 3. The third-order valence-electron chi connectivity index (χ3n) is 4.58. The van der Waals surface area contributed by atoms with E-state index in [-0.39, 0.29) is 11.9 Å². The van der Waals surface area contributed by atoms with Crippen molar-refractivity contribution in [1.82, 2.24) is 4.90 Å². The molecule has 1 amide bonds. The lowest BCUT2D eigenvalue weighted by molar-refractivity contribution is -0.157. The van der Waals surface area contributed by atoms with Crippen molar-refractivity contribution in [2.75, 3.05) is 6.61 Å². The summed E-state index contributed by atoms with van der Waals surface area (Å²) in [4.78, 5) is 20.3. The van der Waals surface area contributed by atoms with Crippen LogP contribution in [0.4, 0.5) is 0 Å². The molecule has 23 heavy (non-hydrogen) atoms. The summed E-state index contributed by atoms with van der Waals surface area (Å²) in [6.45, 7) is 8.64. The second-order valence-electron chi connectivity index (χ2n) is 6.98. The van der Waals surface area contributed by atoms with Gasteiger partial charge in [-0.1, -0.05) is 49.3 Å². The topological polar surface area (TPSA) is 51.1 Å². The molecule has 0 N–H and O–H groups in total. The van der Waals surface area contributed by atoms with Crippen LogP contribution in [0.15, 0.2) is 35.5 Å². The lowest BCUT2D eigenvalue weighted by atomic mass is 10.00. The molecule has 0 unspecified atom stereocenters. The van der Waals surface area contributed by atoms with Crippen molar-refractivity contribution < 1.29 is 14.4 Å². The fourth-order valence-electron chi connectivity index (χ4n) is 3.22. The van der Waals surface area contributed by atoms with Gasteiger partial charge in [-0.2, -0.15) is 0 Å². The number of amides is 1. The number of nitrogens with zero attached hydrogens (tertiary/aromatic N) is 2. The third-order valence-corrected chi connectivity index (χ3v) is 4.58. The molecule has 0 spiro atoms. The molecule has 2 atom stereocenters. The Balaban J connectivity index is 1.74. The van der Waals surface area contributed by atoms with Crippen molar-refractivity contribution in [3.05, 3.63) is 35.9 Å². The van der Waals surface area contributed by atoms with Gasteiger partial charge in [-0.15, -0.1) is 0 Å². The summed E-state index contributed by atoms with van der Waals surface area (Å²) >= 11 is 0. The Kier molecular flexibility index (Phi) is 4.15. The zero-order valence-corrected chi connectivity index (χ0v) is 14.2. The summed E-state index contributed by atoms with van der Waals surface area (Å²) in [5, 5.41) is 4.13. The molecule has 1 saturated heterocycles. The van der Waals surface area contributed by atoms with E-state index in [1.54, 1.807) is 0 Å². The number of carbonyl (C=O) groups is 1. The van der Waals surface area contributed by atoms with Crippen LogP contribution in [0.1, 0.15) is 39.7 Å². The Morgan fingerprint density at radius 1 is 1.30 bits per heavy atom. The number of hydrogen-bond donors (Lipinski definition) is 0. The van der Waals surface area contributed by atoms with Gasteiger partial charge in [0.1, 0.15) is 5.72 Å². The van der Waals surface area contributed by atoms with Gasteiger partial charge in [0.2, 0.25) is 6.10 Å². The van der Waals surface area contributed by atoms with Crippen LogP contribution in [0.25, 0.3) is 0 Å². The molecule has 2 heterocycles. The molecule has 5 heteroatoms. The van der Waals surface area contributed by atoms with Crippen LogP contribution in [0.5, 0.6) is 0 Å². The highest BCUT2D eigenvalue weighted by Crippen LogP contribution is 2.33. The van der Waals surface area contributed by atoms with E-state index in [0.29, 0.717) is 18.9 Å². The minimum Gasteiger partial charge on any atom is -0.382 e. The second kappa shape index (κ2) is 5.96. The van der Waals surface area contributed by atoms with E-state index in [0.717, 1.165) is 11.3 Å². The van der Waals surface area contributed by atoms with Crippen LogP contribution in [0.2, 0.25) is 0 Å². The van der Waals surface area contributed by atoms with Crippen molar-refractivity contribution in [3.63, 3.8) is 0 Å². The van der Waals surface area contributed by atoms with Crippen LogP contribution in [0, 0.1) is 5.92 Å². The summed E-state index contributed by atoms with van der Waals surface area (Å²) in [5.41, 5.74) is 1.22. The van der Waals surface area contributed by atoms with Crippen molar-refractivity contribution in [1.29, 1.82) is 0 Å². The van der Waals surface area contributed by atoms with Gasteiger partial charge in [0.25, 0.3) is 5.91 Å². The molecule has 0 aliphatic carbocycles. The molecular weight excluding hydrogens is 292 g/mol. The highest BCUT2D eigenvalue weighted by molar-refractivity contribution is 6.04. The van der Waals surface area contributed by atoms with Crippen molar-refractivity contribution >= 4 is 11.6 Å². The fourth-order valence-corrected chi connectivity index (χ4v) is 3.22. The van der Waals surface area contributed by atoms with Crippen LogP contribution in [-0.2, 0) is 14.4 Å². The lowest BCUT2D eigenvalue weighted by Gasteiger charge is -2.36. The van der Waals surface area contributed by atoms with E-state index in [4.69, 9.17) is 9.57 Å². The van der Waals surface area contributed by atoms with E-state index < -0.39 is 11.8 Å². The quantitative estimate of drug-likeness (QED) is 0.861. The van der Waals surface area contributed by atoms with Gasteiger partial charge in [-0.3, -0.25) is 4.79 Å². The SMILES string of the molecule is CC(C)[C@H]1COC(C)(C)N1C(=O)[C@H]1CC(c2ccccc2)=NO1. The third kappa shape index (κ3) is 2.98. The summed E-state index contributed by atoms with van der Waals surface area (Å²) in [7, 11) is 0. The highest BCUT2D eigenvalue weighted by atomic mass is 16.6. The highest BCUT2D eigenvalue weighted by Gasteiger charge is 2.48. The first-order chi connectivity index (χ1) is 10.9. The van der Waals surface area contributed by atoms with Crippen LogP contribution in [0.3, 0.4) is 0 Å². The van der Waals surface area contributed by atoms with E-state index in [1.807, 2.05) is 49.1 Å². The number of hydrogen-bond acceptors (Lipinski definition) is 4. The van der Waals surface area contributed by atoms with Gasteiger partial charge in [-0.05, 0) is 25.3 Å². The minimum atomic E-state index is -0.606. The minimum absolute atomic E-state index is 0.0409. The molecule has 5 nitrogen and oxygen atoms in total. The monoisotopic (exact) mass is 316 g/mol. The smallest absolute Gasteiger partial charge is 0.269 e. The second-order valence-corrected chi connectivity index (χ2v) is 6.98. The maximum Gasteiger partial charge on any atom is 0.269 e. The molecule has 0 radical (unpaired) electrons. The van der Waals surface area contributed by atoms with Crippen molar-refractivity contribution in [2.24, 2.45) is 11.1 Å². The Morgan fingerprint density at radius 3 is 2.65 bits per heavy atom. The number of ether oxygens (including phenoxy) is 1. The average molecular weight is 316 g/mol. The maximum absolute atomic E-state index is 13.0. The normalized spacial score (nSPS) is 26.3. The number of benzene rings is 1. The van der Waals surface area contributed by atoms with Gasteiger partial charge in [0.15, 0.2) is 0 Å². The summed E-state index contributed by atoms with van der Waals surface area (Å²) < 4.78 is 5.83. The molecule has 0 bridgehead atoms. The van der Waals surface area contributed by atoms with E-state index >= 15 is 0 Å². The molecular formula is C18H24N2O3. The van der Waals surface area contributed by atoms with Crippen LogP contribution >= 0.6 is 0 Å². The predicted molar refractivity (Wildman–Crippen MR) is 88.0 cm³/mol. The zero-order chi connectivity index (χ0) is 16.6. The first-order valence-electron chi connectivity index (χ1n) is 8.15. The zero-order valence-electron chi connectivity index (χ0n) is 14.2. The predicted octanol–water partition coefficient (Wildman–Crippen LogP) is 2.80. The Labute approximate surface area is 137 Å². The lowest BCUT2D eigenvalue weighted by Crippen LogP contribution is -2.53. The van der Waals surface area contributed by atoms with E-state index in [1.165, 1.54) is 0 Å². The molecule has 3 rings (SSSR count). The Hall–Kier alpha value is -1.88. The molecule has 0 aromatic heterocycles. The van der Waals surface area contributed by atoms with Gasteiger partial charge in [0, 0.05) is 6.42 Å². The molecule has 2 aliphatic rings. The first kappa shape index (κ1) is 16.0. The maximum atomic E-state index is 13.0. The molecule has 0 saturated carbocycles. The average Bonchev–Trinajstić information content (AvgIpc) is 3.12. The summed E-state index contributed by atoms with van der Waals surface area (Å²) in [6, 6.07) is 9.91. The van der Waals surface area contributed by atoms with Crippen molar-refractivity contribution in [2.45, 2.75) is 52.0 Å². The van der Waals surface area contributed by atoms with Crippen LogP contribution in [-0.4, -0.2) is 41.0 Å². The first-order valence-corrected chi connectivity index (χ1v) is 8.15. The van der Waals surface area contributed by atoms with Gasteiger partial charge >= 0.3 is 0 Å². The summed E-state index contributed by atoms with van der Waals surface area (Å²) in [5.74, 6) is 0.289. The van der Waals surface area contributed by atoms with Gasteiger partial charge in [-0.25, -0.2) is 0 Å². The molecule has 1 aromatic rings. The van der Waals surface area contributed by atoms with Crippen molar-refractivity contribution in [3.8, 4) is 0 Å². The summed E-state index contributed by atoms with van der Waals surface area (Å²) in [6.07, 6.45) is -0.0623. The standard InChI is InChI=1S/C18H24N2O3/c1-12(2)15-11-22-18(3,4)20(15)17(21)16-10-14(19-23-16)13-8-6-5-7-9-13/h5-9,12,15-16H,10-11H2,1-4H3/t15-,16-/m1/s1. The Bertz CT molecular complexity index is 610.